The minimum atomic E-state index is -2.37. The first-order valence-electron chi connectivity index (χ1n) is 6.94. The molecule has 0 unspecified atom stereocenters. The van der Waals surface area contributed by atoms with E-state index in [1.807, 2.05) is 50.5 Å². The molecule has 2 N–H and O–H groups in total. The lowest BCUT2D eigenvalue weighted by Gasteiger charge is -2.24. The maximum Gasteiger partial charge on any atom is 0.214 e. The van der Waals surface area contributed by atoms with Gasteiger partial charge in [-0.1, -0.05) is 36.4 Å². The zero-order valence-corrected chi connectivity index (χ0v) is 14.4. The van der Waals surface area contributed by atoms with Gasteiger partial charge < -0.3 is 9.59 Å². The van der Waals surface area contributed by atoms with Crippen molar-refractivity contribution in [3.63, 3.8) is 0 Å². The molecule has 2 aromatic carbocycles. The van der Waals surface area contributed by atoms with Crippen LogP contribution in [0.4, 0.5) is 0 Å². The van der Waals surface area contributed by atoms with Gasteiger partial charge in [-0.3, -0.25) is 0 Å². The molecule has 0 saturated heterocycles. The highest BCUT2D eigenvalue weighted by molar-refractivity contribution is 6.84. The molecular formula is C16H20O2Si2. The number of rotatable bonds is 2. The van der Waals surface area contributed by atoms with Crippen molar-refractivity contribution in [2.75, 3.05) is 0 Å². The van der Waals surface area contributed by atoms with Gasteiger partial charge in [0, 0.05) is 0 Å². The molecule has 0 fully saturated rings. The molecule has 0 spiro atoms. The predicted molar refractivity (Wildman–Crippen MR) is 86.9 cm³/mol. The second-order valence-electron chi connectivity index (χ2n) is 6.57. The Kier molecular flexibility index (Phi) is 2.85. The van der Waals surface area contributed by atoms with Crippen molar-refractivity contribution >= 4 is 27.0 Å². The van der Waals surface area contributed by atoms with Crippen LogP contribution in [0.3, 0.4) is 0 Å². The molecule has 0 radical (unpaired) electrons. The minimum Gasteiger partial charge on any atom is -0.428 e. The molecule has 0 amide bonds. The molecular weight excluding hydrogens is 280 g/mol. The fourth-order valence-corrected chi connectivity index (χ4v) is 5.76. The first-order chi connectivity index (χ1) is 9.21. The van der Waals surface area contributed by atoms with Crippen molar-refractivity contribution in [1.29, 1.82) is 0 Å². The Morgan fingerprint density at radius 2 is 1.00 bits per heavy atom. The standard InChI is InChI=1S/C16H20O2Si2/c1-19(2,17)13-9-10-14(20(3,4)18)16-12-8-6-5-7-11(12)15(13)16/h5-10,17-18H,1-4H3. The Morgan fingerprint density at radius 3 is 1.30 bits per heavy atom. The molecule has 2 aromatic rings. The van der Waals surface area contributed by atoms with Gasteiger partial charge in [-0.05, 0) is 57.4 Å². The van der Waals surface area contributed by atoms with E-state index in [0.717, 1.165) is 10.4 Å². The molecule has 20 heavy (non-hydrogen) atoms. The Labute approximate surface area is 120 Å². The number of benzene rings is 2. The molecule has 0 aliphatic heterocycles. The normalized spacial score (nSPS) is 13.5. The molecule has 1 aliphatic rings. The molecule has 0 bridgehead atoms. The summed E-state index contributed by atoms with van der Waals surface area (Å²) in [6.45, 7) is 7.80. The molecule has 0 saturated carbocycles. The topological polar surface area (TPSA) is 40.5 Å². The predicted octanol–water partition coefficient (Wildman–Crippen LogP) is 1.38. The molecule has 0 heterocycles. The SMILES string of the molecule is C[Si](C)(O)c1ccc([Si](C)(C)O)c2c1=c1ccccc1=2. The van der Waals surface area contributed by atoms with E-state index >= 15 is 0 Å². The summed E-state index contributed by atoms with van der Waals surface area (Å²) in [7, 11) is -4.75. The molecule has 3 rings (SSSR count). The molecule has 4 heteroatoms. The summed E-state index contributed by atoms with van der Waals surface area (Å²) in [4.78, 5) is 21.1. The lowest BCUT2D eigenvalue weighted by Crippen LogP contribution is -2.48. The molecule has 2 nitrogen and oxygen atoms in total. The van der Waals surface area contributed by atoms with E-state index in [4.69, 9.17) is 0 Å². The summed E-state index contributed by atoms with van der Waals surface area (Å²) in [5, 5.41) is 6.93. The van der Waals surface area contributed by atoms with Crippen LogP contribution in [0.15, 0.2) is 36.4 Å². The van der Waals surface area contributed by atoms with Gasteiger partial charge in [-0.25, -0.2) is 0 Å². The van der Waals surface area contributed by atoms with Gasteiger partial charge >= 0.3 is 0 Å². The largest absolute Gasteiger partial charge is 0.428 e. The zero-order chi connectivity index (χ0) is 14.7. The Morgan fingerprint density at radius 1 is 0.650 bits per heavy atom. The van der Waals surface area contributed by atoms with Crippen molar-refractivity contribution in [2.45, 2.75) is 26.2 Å². The lowest BCUT2D eigenvalue weighted by atomic mass is 10.0. The van der Waals surface area contributed by atoms with E-state index in [1.165, 1.54) is 20.9 Å². The van der Waals surface area contributed by atoms with Gasteiger partial charge in [0.1, 0.15) is 0 Å². The van der Waals surface area contributed by atoms with Crippen LogP contribution < -0.4 is 10.4 Å². The fraction of sp³-hybridized carbons (Fsp3) is 0.250. The Balaban J connectivity index is 2.53. The quantitative estimate of drug-likeness (QED) is 0.702. The van der Waals surface area contributed by atoms with E-state index in [9.17, 15) is 9.59 Å². The summed E-state index contributed by atoms with van der Waals surface area (Å²) >= 11 is 0. The van der Waals surface area contributed by atoms with Crippen molar-refractivity contribution in [3.05, 3.63) is 57.3 Å². The summed E-state index contributed by atoms with van der Waals surface area (Å²) in [5.41, 5.74) is 0. The average molecular weight is 301 g/mol. The summed E-state index contributed by atoms with van der Waals surface area (Å²) < 4.78 is 0. The number of fused-ring (bicyclic) bond motifs is 2. The highest BCUT2D eigenvalue weighted by Crippen LogP contribution is 2.15. The summed E-state index contributed by atoms with van der Waals surface area (Å²) in [6.07, 6.45) is 0. The van der Waals surface area contributed by atoms with E-state index in [0.29, 0.717) is 0 Å². The van der Waals surface area contributed by atoms with Gasteiger partial charge in [-0.15, -0.1) is 0 Å². The van der Waals surface area contributed by atoms with Gasteiger partial charge in [0.05, 0.1) is 0 Å². The van der Waals surface area contributed by atoms with Gasteiger partial charge in [0.15, 0.2) is 0 Å². The van der Waals surface area contributed by atoms with Gasteiger partial charge in [-0.2, -0.15) is 0 Å². The van der Waals surface area contributed by atoms with Crippen LogP contribution in [0.25, 0.3) is 0 Å². The van der Waals surface area contributed by atoms with Crippen LogP contribution in [0, 0.1) is 20.9 Å². The Bertz CT molecular complexity index is 801. The van der Waals surface area contributed by atoms with Crippen LogP contribution in [-0.2, 0) is 0 Å². The smallest absolute Gasteiger partial charge is 0.214 e. The number of hydrogen-bond donors (Lipinski definition) is 2. The van der Waals surface area contributed by atoms with Crippen LogP contribution >= 0.6 is 0 Å². The van der Waals surface area contributed by atoms with Crippen molar-refractivity contribution in [1.82, 2.24) is 0 Å². The van der Waals surface area contributed by atoms with E-state index in [-0.39, 0.29) is 0 Å². The first-order valence-corrected chi connectivity index (χ1v) is 12.8. The number of hydrogen-bond acceptors (Lipinski definition) is 2. The summed E-state index contributed by atoms with van der Waals surface area (Å²) in [6, 6.07) is 12.3. The maximum atomic E-state index is 10.5. The third-order valence-corrected chi connectivity index (χ3v) is 7.46. The van der Waals surface area contributed by atoms with Crippen LogP contribution in [0.5, 0.6) is 0 Å². The zero-order valence-electron chi connectivity index (χ0n) is 12.4. The second-order valence-corrected chi connectivity index (χ2v) is 13.9. The lowest BCUT2D eigenvalue weighted by molar-refractivity contribution is 0.566. The van der Waals surface area contributed by atoms with Crippen LogP contribution in [0.2, 0.25) is 26.2 Å². The van der Waals surface area contributed by atoms with Crippen molar-refractivity contribution in [2.24, 2.45) is 0 Å². The van der Waals surface area contributed by atoms with Gasteiger partial charge in [0.25, 0.3) is 0 Å². The second kappa shape index (κ2) is 4.15. The highest BCUT2D eigenvalue weighted by Gasteiger charge is 2.29. The Hall–Kier alpha value is -1.21. The molecule has 0 atom stereocenters. The molecule has 0 aromatic heterocycles. The van der Waals surface area contributed by atoms with Crippen LogP contribution in [0.1, 0.15) is 0 Å². The molecule has 104 valence electrons. The van der Waals surface area contributed by atoms with Crippen LogP contribution in [-0.4, -0.2) is 26.2 Å². The van der Waals surface area contributed by atoms with Gasteiger partial charge in [0.2, 0.25) is 16.6 Å². The maximum absolute atomic E-state index is 10.5. The van der Waals surface area contributed by atoms with Crippen molar-refractivity contribution in [3.8, 4) is 0 Å². The average Bonchev–Trinajstić information content (AvgIpc) is 2.32. The minimum absolute atomic E-state index is 1.08. The summed E-state index contributed by atoms with van der Waals surface area (Å²) in [5.74, 6) is 0. The van der Waals surface area contributed by atoms with E-state index in [2.05, 4.69) is 12.1 Å². The third-order valence-electron chi connectivity index (χ3n) is 3.99. The fourth-order valence-electron chi connectivity index (χ4n) is 3.04. The van der Waals surface area contributed by atoms with E-state index < -0.39 is 16.6 Å². The highest BCUT2D eigenvalue weighted by atomic mass is 28.4. The van der Waals surface area contributed by atoms with Crippen molar-refractivity contribution < 1.29 is 9.59 Å². The monoisotopic (exact) mass is 300 g/mol. The third kappa shape index (κ3) is 1.91. The first kappa shape index (κ1) is 13.8. The van der Waals surface area contributed by atoms with E-state index in [1.54, 1.807) is 0 Å². The molecule has 1 aliphatic carbocycles.